The van der Waals surface area contributed by atoms with E-state index in [1.54, 1.807) is 7.11 Å². The van der Waals surface area contributed by atoms with E-state index in [4.69, 9.17) is 4.74 Å². The first kappa shape index (κ1) is 15.7. The molecule has 0 radical (unpaired) electrons. The van der Waals surface area contributed by atoms with Gasteiger partial charge in [-0.2, -0.15) is 5.10 Å². The summed E-state index contributed by atoms with van der Waals surface area (Å²) in [6.45, 7) is 10.4. The van der Waals surface area contributed by atoms with Gasteiger partial charge in [-0.3, -0.25) is 4.68 Å². The van der Waals surface area contributed by atoms with E-state index in [-0.39, 0.29) is 0 Å². The summed E-state index contributed by atoms with van der Waals surface area (Å²) in [5.74, 6) is 1.04. The van der Waals surface area contributed by atoms with Gasteiger partial charge >= 0.3 is 0 Å². The van der Waals surface area contributed by atoms with Crippen molar-refractivity contribution in [3.8, 4) is 0 Å². The van der Waals surface area contributed by atoms with Gasteiger partial charge in [-0.05, 0) is 20.8 Å². The van der Waals surface area contributed by atoms with Gasteiger partial charge in [-0.1, -0.05) is 0 Å². The fourth-order valence-electron chi connectivity index (χ4n) is 2.44. The van der Waals surface area contributed by atoms with Crippen LogP contribution in [0.25, 0.3) is 0 Å². The third kappa shape index (κ3) is 3.92. The van der Waals surface area contributed by atoms with E-state index in [1.165, 1.54) is 11.3 Å². The van der Waals surface area contributed by atoms with Crippen LogP contribution in [0.3, 0.4) is 0 Å². The van der Waals surface area contributed by atoms with Crippen LogP contribution in [0, 0.1) is 20.8 Å². The first-order valence-corrected chi connectivity index (χ1v) is 7.33. The zero-order chi connectivity index (χ0) is 15.2. The van der Waals surface area contributed by atoms with Gasteiger partial charge in [-0.25, -0.2) is 4.98 Å². The number of hydrogen-bond donors (Lipinski definition) is 1. The van der Waals surface area contributed by atoms with E-state index in [1.807, 2.05) is 19.3 Å². The summed E-state index contributed by atoms with van der Waals surface area (Å²) in [4.78, 5) is 4.24. The molecule has 0 saturated carbocycles. The van der Waals surface area contributed by atoms with E-state index in [9.17, 15) is 0 Å². The molecular weight excluding hydrogens is 266 g/mol. The van der Waals surface area contributed by atoms with Gasteiger partial charge in [0.2, 0.25) is 0 Å². The third-order valence-corrected chi connectivity index (χ3v) is 3.79. The topological polar surface area (TPSA) is 56.9 Å². The number of imidazole rings is 1. The molecule has 0 saturated heterocycles. The van der Waals surface area contributed by atoms with Crippen LogP contribution in [0.1, 0.15) is 22.8 Å². The summed E-state index contributed by atoms with van der Waals surface area (Å²) >= 11 is 0. The van der Waals surface area contributed by atoms with Crippen LogP contribution in [0.5, 0.6) is 0 Å². The highest BCUT2D eigenvalue weighted by Gasteiger charge is 2.11. The Morgan fingerprint density at radius 3 is 2.71 bits per heavy atom. The Labute approximate surface area is 126 Å². The van der Waals surface area contributed by atoms with Crippen molar-refractivity contribution in [2.45, 2.75) is 40.4 Å². The molecule has 2 aromatic heterocycles. The van der Waals surface area contributed by atoms with E-state index >= 15 is 0 Å². The molecule has 6 nitrogen and oxygen atoms in total. The number of nitrogens with one attached hydrogen (secondary N) is 1. The van der Waals surface area contributed by atoms with Gasteiger partial charge in [0.05, 0.1) is 18.8 Å². The number of aromatic nitrogens is 4. The Kier molecular flexibility index (Phi) is 5.52. The highest BCUT2D eigenvalue weighted by Crippen LogP contribution is 2.13. The minimum atomic E-state index is 0.728. The van der Waals surface area contributed by atoms with E-state index < -0.39 is 0 Å². The average Bonchev–Trinajstić information content (AvgIpc) is 2.98. The quantitative estimate of drug-likeness (QED) is 0.748. The molecular formula is C15H25N5O. The van der Waals surface area contributed by atoms with Crippen molar-refractivity contribution >= 4 is 0 Å². The maximum atomic E-state index is 5.04. The fourth-order valence-corrected chi connectivity index (χ4v) is 2.44. The lowest BCUT2D eigenvalue weighted by atomic mass is 10.2. The van der Waals surface area contributed by atoms with Crippen molar-refractivity contribution in [2.24, 2.45) is 0 Å². The molecule has 2 heterocycles. The number of aryl methyl sites for hydroxylation is 4. The molecule has 116 valence electrons. The van der Waals surface area contributed by atoms with Crippen LogP contribution in [0.15, 0.2) is 12.4 Å². The second kappa shape index (κ2) is 7.38. The van der Waals surface area contributed by atoms with Gasteiger partial charge < -0.3 is 14.6 Å². The lowest BCUT2D eigenvalue weighted by Crippen LogP contribution is -2.19. The highest BCUT2D eigenvalue weighted by atomic mass is 16.5. The van der Waals surface area contributed by atoms with Gasteiger partial charge in [0.15, 0.2) is 0 Å². The minimum absolute atomic E-state index is 0.728. The molecule has 0 aromatic carbocycles. The second-order valence-corrected chi connectivity index (χ2v) is 5.21. The molecule has 2 rings (SSSR count). The third-order valence-electron chi connectivity index (χ3n) is 3.79. The summed E-state index contributed by atoms with van der Waals surface area (Å²) in [7, 11) is 1.72. The van der Waals surface area contributed by atoms with Gasteiger partial charge in [0.25, 0.3) is 0 Å². The standard InChI is InChI=1S/C15H25N5O/c1-12-15(11-16-6-10-21-4)13(2)20(18-12)9-8-19-7-5-17-14(19)3/h5,7,16H,6,8-11H2,1-4H3. The van der Waals surface area contributed by atoms with Crippen LogP contribution in [-0.2, 0) is 24.4 Å². The second-order valence-electron chi connectivity index (χ2n) is 5.21. The van der Waals surface area contributed by atoms with Gasteiger partial charge in [-0.15, -0.1) is 0 Å². The Balaban J connectivity index is 1.96. The predicted octanol–water partition coefficient (Wildman–Crippen LogP) is 1.44. The van der Waals surface area contributed by atoms with Crippen LogP contribution in [0.4, 0.5) is 0 Å². The monoisotopic (exact) mass is 291 g/mol. The zero-order valence-electron chi connectivity index (χ0n) is 13.4. The Hall–Kier alpha value is -1.66. The van der Waals surface area contributed by atoms with Crippen molar-refractivity contribution in [1.29, 1.82) is 0 Å². The van der Waals surface area contributed by atoms with Crippen molar-refractivity contribution in [3.05, 3.63) is 35.2 Å². The highest BCUT2D eigenvalue weighted by molar-refractivity contribution is 5.24. The molecule has 0 fully saturated rings. The van der Waals surface area contributed by atoms with Gasteiger partial charge in [0.1, 0.15) is 5.82 Å². The van der Waals surface area contributed by atoms with Crippen LogP contribution >= 0.6 is 0 Å². The van der Waals surface area contributed by atoms with Crippen LogP contribution < -0.4 is 5.32 Å². The molecule has 1 N–H and O–H groups in total. The molecule has 6 heteroatoms. The van der Waals surface area contributed by atoms with Crippen LogP contribution in [-0.4, -0.2) is 39.6 Å². The largest absolute Gasteiger partial charge is 0.383 e. The maximum Gasteiger partial charge on any atom is 0.105 e. The smallest absolute Gasteiger partial charge is 0.105 e. The molecule has 0 aliphatic rings. The number of rotatable bonds is 8. The van der Waals surface area contributed by atoms with Gasteiger partial charge in [0, 0.05) is 50.4 Å². The fraction of sp³-hybridized carbons (Fsp3) is 0.600. The van der Waals surface area contributed by atoms with Crippen molar-refractivity contribution in [1.82, 2.24) is 24.6 Å². The zero-order valence-corrected chi connectivity index (χ0v) is 13.4. The van der Waals surface area contributed by atoms with E-state index in [2.05, 4.69) is 38.5 Å². The lowest BCUT2D eigenvalue weighted by Gasteiger charge is -2.08. The summed E-state index contributed by atoms with van der Waals surface area (Å²) in [6.07, 6.45) is 3.84. The molecule has 0 atom stereocenters. The molecule has 0 unspecified atom stereocenters. The molecule has 0 amide bonds. The van der Waals surface area contributed by atoms with Crippen LogP contribution in [0.2, 0.25) is 0 Å². The number of nitrogens with zero attached hydrogens (tertiary/aromatic N) is 4. The first-order valence-electron chi connectivity index (χ1n) is 7.33. The summed E-state index contributed by atoms with van der Waals surface area (Å²) < 4.78 is 9.28. The SMILES string of the molecule is COCCNCc1c(C)nn(CCn2ccnc2C)c1C. The first-order chi connectivity index (χ1) is 10.1. The van der Waals surface area contributed by atoms with E-state index in [0.29, 0.717) is 0 Å². The molecule has 0 aliphatic heterocycles. The summed E-state index contributed by atoms with van der Waals surface area (Å²) in [6, 6.07) is 0. The molecule has 0 aliphatic carbocycles. The average molecular weight is 291 g/mol. The number of ether oxygens (including phenoxy) is 1. The van der Waals surface area contributed by atoms with E-state index in [0.717, 1.165) is 44.3 Å². The Morgan fingerprint density at radius 2 is 2.05 bits per heavy atom. The molecule has 21 heavy (non-hydrogen) atoms. The maximum absolute atomic E-state index is 5.04. The molecule has 2 aromatic rings. The molecule has 0 bridgehead atoms. The summed E-state index contributed by atoms with van der Waals surface area (Å²) in [5.41, 5.74) is 3.61. The number of hydrogen-bond acceptors (Lipinski definition) is 4. The lowest BCUT2D eigenvalue weighted by molar-refractivity contribution is 0.199. The predicted molar refractivity (Wildman–Crippen MR) is 82.2 cm³/mol. The number of methoxy groups -OCH3 is 1. The molecule has 0 spiro atoms. The van der Waals surface area contributed by atoms with Crippen molar-refractivity contribution < 1.29 is 4.74 Å². The Bertz CT molecular complexity index is 573. The summed E-state index contributed by atoms with van der Waals surface area (Å²) in [5, 5.41) is 8.03. The minimum Gasteiger partial charge on any atom is -0.383 e. The Morgan fingerprint density at radius 1 is 1.24 bits per heavy atom. The normalized spacial score (nSPS) is 11.2. The van der Waals surface area contributed by atoms with Crippen molar-refractivity contribution in [3.63, 3.8) is 0 Å². The van der Waals surface area contributed by atoms with Crippen molar-refractivity contribution in [2.75, 3.05) is 20.3 Å².